The van der Waals surface area contributed by atoms with Crippen LogP contribution in [0.25, 0.3) is 0 Å². The molecule has 0 bridgehead atoms. The lowest BCUT2D eigenvalue weighted by atomic mass is 10.3. The van der Waals surface area contributed by atoms with Gasteiger partial charge in [0.25, 0.3) is 0 Å². The van der Waals surface area contributed by atoms with Gasteiger partial charge in [-0.05, 0) is 28.1 Å². The number of hydrogen-bond acceptors (Lipinski definition) is 3. The van der Waals surface area contributed by atoms with E-state index in [-0.39, 0.29) is 21.8 Å². The van der Waals surface area contributed by atoms with Crippen LogP contribution in [-0.4, -0.2) is 4.98 Å². The normalized spacial score (nSPS) is 10.1. The summed E-state index contributed by atoms with van der Waals surface area (Å²) in [5.74, 6) is -0.352. The van der Waals surface area contributed by atoms with Crippen molar-refractivity contribution in [2.75, 3.05) is 0 Å². The van der Waals surface area contributed by atoms with Gasteiger partial charge in [-0.2, -0.15) is 5.26 Å². The Balaban J connectivity index is 2.39. The van der Waals surface area contributed by atoms with E-state index in [0.717, 1.165) is 6.07 Å². The SMILES string of the molecule is N#Cc1cc(Cl)nc(Oc2cc(F)c(Cl)cc2Br)c1. The highest BCUT2D eigenvalue weighted by Crippen LogP contribution is 2.33. The van der Waals surface area contributed by atoms with Crippen molar-refractivity contribution in [2.45, 2.75) is 0 Å². The molecule has 0 spiro atoms. The molecule has 0 fully saturated rings. The Morgan fingerprint density at radius 1 is 1.26 bits per heavy atom. The van der Waals surface area contributed by atoms with Crippen LogP contribution < -0.4 is 4.74 Å². The summed E-state index contributed by atoms with van der Waals surface area (Å²) in [6.07, 6.45) is 0. The molecule has 0 aliphatic rings. The Morgan fingerprint density at radius 3 is 2.68 bits per heavy atom. The van der Waals surface area contributed by atoms with Crippen LogP contribution in [0.2, 0.25) is 10.2 Å². The first-order valence-corrected chi connectivity index (χ1v) is 6.44. The van der Waals surface area contributed by atoms with Gasteiger partial charge in [0.1, 0.15) is 16.7 Å². The maximum Gasteiger partial charge on any atom is 0.222 e. The van der Waals surface area contributed by atoms with Crippen molar-refractivity contribution in [3.63, 3.8) is 0 Å². The summed E-state index contributed by atoms with van der Waals surface area (Å²) in [6, 6.07) is 7.18. The zero-order chi connectivity index (χ0) is 14.0. The van der Waals surface area contributed by atoms with E-state index in [0.29, 0.717) is 10.0 Å². The molecule has 0 saturated heterocycles. The Kier molecular flexibility index (Phi) is 4.25. The molecule has 0 N–H and O–H groups in total. The van der Waals surface area contributed by atoms with Crippen LogP contribution in [0.3, 0.4) is 0 Å². The second kappa shape index (κ2) is 5.74. The quantitative estimate of drug-likeness (QED) is 0.561. The Bertz CT molecular complexity index is 688. The minimum atomic E-state index is -0.623. The lowest BCUT2D eigenvalue weighted by Crippen LogP contribution is -1.92. The smallest absolute Gasteiger partial charge is 0.222 e. The van der Waals surface area contributed by atoms with E-state index in [4.69, 9.17) is 33.2 Å². The van der Waals surface area contributed by atoms with E-state index in [1.807, 2.05) is 6.07 Å². The molecule has 0 radical (unpaired) electrons. The molecular weight excluding hydrogens is 358 g/mol. The molecule has 0 unspecified atom stereocenters. The van der Waals surface area contributed by atoms with Gasteiger partial charge in [0.2, 0.25) is 5.88 Å². The molecule has 0 amide bonds. The monoisotopic (exact) mass is 360 g/mol. The van der Waals surface area contributed by atoms with E-state index in [1.165, 1.54) is 18.2 Å². The third kappa shape index (κ3) is 3.35. The Labute approximate surface area is 126 Å². The minimum Gasteiger partial charge on any atom is -0.438 e. The van der Waals surface area contributed by atoms with Crippen LogP contribution in [0.4, 0.5) is 4.39 Å². The van der Waals surface area contributed by atoms with E-state index in [2.05, 4.69) is 20.9 Å². The molecule has 0 atom stereocenters. The molecule has 0 aliphatic heterocycles. The van der Waals surface area contributed by atoms with E-state index < -0.39 is 5.82 Å². The van der Waals surface area contributed by atoms with Crippen LogP contribution in [0.1, 0.15) is 5.56 Å². The molecule has 96 valence electrons. The van der Waals surface area contributed by atoms with Crippen molar-refractivity contribution in [1.29, 1.82) is 5.26 Å². The van der Waals surface area contributed by atoms with Gasteiger partial charge in [0, 0.05) is 12.1 Å². The first-order chi connectivity index (χ1) is 8.99. The lowest BCUT2D eigenvalue weighted by Gasteiger charge is -2.08. The van der Waals surface area contributed by atoms with Crippen LogP contribution in [-0.2, 0) is 0 Å². The first-order valence-electron chi connectivity index (χ1n) is 4.89. The maximum atomic E-state index is 13.4. The molecule has 7 heteroatoms. The average molecular weight is 362 g/mol. The van der Waals surface area contributed by atoms with Gasteiger partial charge in [-0.3, -0.25) is 0 Å². The number of halogens is 4. The van der Waals surface area contributed by atoms with E-state index in [9.17, 15) is 4.39 Å². The molecule has 2 rings (SSSR count). The van der Waals surface area contributed by atoms with Crippen LogP contribution >= 0.6 is 39.1 Å². The second-order valence-corrected chi connectivity index (χ2v) is 5.08. The number of hydrogen-bond donors (Lipinski definition) is 0. The number of pyridine rings is 1. The van der Waals surface area contributed by atoms with Gasteiger partial charge >= 0.3 is 0 Å². The molecule has 0 saturated carbocycles. The molecule has 1 aromatic heterocycles. The topological polar surface area (TPSA) is 45.9 Å². The molecule has 2 aromatic rings. The summed E-state index contributed by atoms with van der Waals surface area (Å²) in [4.78, 5) is 3.89. The van der Waals surface area contributed by atoms with Crippen LogP contribution in [0, 0.1) is 17.1 Å². The summed E-state index contributed by atoms with van der Waals surface area (Å²) in [5.41, 5.74) is 0.292. The molecule has 0 aliphatic carbocycles. The summed E-state index contributed by atoms with van der Waals surface area (Å²) in [7, 11) is 0. The predicted molar refractivity (Wildman–Crippen MR) is 73.1 cm³/mol. The molecule has 1 heterocycles. The van der Waals surface area contributed by atoms with Gasteiger partial charge < -0.3 is 4.74 Å². The third-order valence-electron chi connectivity index (χ3n) is 2.09. The highest BCUT2D eigenvalue weighted by molar-refractivity contribution is 9.10. The number of nitriles is 1. The maximum absolute atomic E-state index is 13.4. The first kappa shape index (κ1) is 14.1. The Morgan fingerprint density at radius 2 is 2.00 bits per heavy atom. The van der Waals surface area contributed by atoms with Crippen molar-refractivity contribution in [2.24, 2.45) is 0 Å². The van der Waals surface area contributed by atoms with Gasteiger partial charge in [-0.25, -0.2) is 9.37 Å². The van der Waals surface area contributed by atoms with Crippen LogP contribution in [0.15, 0.2) is 28.7 Å². The number of nitrogens with zero attached hydrogens (tertiary/aromatic N) is 2. The molecule has 19 heavy (non-hydrogen) atoms. The van der Waals surface area contributed by atoms with Gasteiger partial charge in [-0.1, -0.05) is 23.2 Å². The number of aromatic nitrogens is 1. The fourth-order valence-electron chi connectivity index (χ4n) is 1.28. The van der Waals surface area contributed by atoms with Crippen molar-refractivity contribution >= 4 is 39.1 Å². The molecule has 1 aromatic carbocycles. The van der Waals surface area contributed by atoms with E-state index in [1.54, 1.807) is 0 Å². The van der Waals surface area contributed by atoms with Crippen LogP contribution in [0.5, 0.6) is 11.6 Å². The summed E-state index contributed by atoms with van der Waals surface area (Å²) < 4.78 is 19.2. The van der Waals surface area contributed by atoms with Crippen molar-refractivity contribution in [3.05, 3.63) is 50.3 Å². The Hall–Kier alpha value is -1.35. The summed E-state index contributed by atoms with van der Waals surface area (Å²) in [6.45, 7) is 0. The largest absolute Gasteiger partial charge is 0.438 e. The minimum absolute atomic E-state index is 0.0315. The van der Waals surface area contributed by atoms with Gasteiger partial charge in [-0.15, -0.1) is 0 Å². The standard InChI is InChI=1S/C12H4BrCl2FN2O/c13-7-3-8(14)9(16)4-10(7)19-12-2-6(5-17)1-11(15)18-12/h1-4H. The fraction of sp³-hybridized carbons (Fsp3) is 0. The highest BCUT2D eigenvalue weighted by Gasteiger charge is 2.10. The third-order valence-corrected chi connectivity index (χ3v) is 3.19. The fourth-order valence-corrected chi connectivity index (χ4v) is 2.21. The second-order valence-electron chi connectivity index (χ2n) is 3.43. The average Bonchev–Trinajstić information content (AvgIpc) is 2.35. The van der Waals surface area contributed by atoms with Gasteiger partial charge in [0.15, 0.2) is 0 Å². The number of ether oxygens (including phenoxy) is 1. The summed E-state index contributed by atoms with van der Waals surface area (Å²) in [5, 5.41) is 8.89. The number of rotatable bonds is 2. The van der Waals surface area contributed by atoms with Crippen molar-refractivity contribution in [3.8, 4) is 17.7 Å². The zero-order valence-corrected chi connectivity index (χ0v) is 12.2. The van der Waals surface area contributed by atoms with Crippen molar-refractivity contribution < 1.29 is 9.13 Å². The lowest BCUT2D eigenvalue weighted by molar-refractivity contribution is 0.455. The molecular formula is C12H4BrCl2FN2O. The molecule has 3 nitrogen and oxygen atoms in total. The highest BCUT2D eigenvalue weighted by atomic mass is 79.9. The van der Waals surface area contributed by atoms with E-state index >= 15 is 0 Å². The van der Waals surface area contributed by atoms with Crippen molar-refractivity contribution in [1.82, 2.24) is 4.98 Å². The van der Waals surface area contributed by atoms with Gasteiger partial charge in [0.05, 0.1) is 21.1 Å². The predicted octanol–water partition coefficient (Wildman–Crippen LogP) is 4.95. The zero-order valence-electron chi connectivity index (χ0n) is 9.12. The summed E-state index contributed by atoms with van der Waals surface area (Å²) >= 11 is 14.6. The number of benzene rings is 1.